The third-order valence-corrected chi connectivity index (χ3v) is 6.61. The molecule has 0 spiro atoms. The van der Waals surface area contributed by atoms with Crippen molar-refractivity contribution in [1.29, 1.82) is 0 Å². The SMILES string of the molecule is CC(=O)c1cccc(NC(=O)CN(Cc2ccc(F)cc2)S(=O)(=O)c2ccc(C)cc2)c1. The van der Waals surface area contributed by atoms with E-state index in [-0.39, 0.29) is 17.2 Å². The fraction of sp³-hybridized carbons (Fsp3) is 0.167. The first-order chi connectivity index (χ1) is 15.1. The number of nitrogens with one attached hydrogen (secondary N) is 1. The number of ketones is 1. The van der Waals surface area contributed by atoms with Crippen molar-refractivity contribution in [2.45, 2.75) is 25.3 Å². The van der Waals surface area contributed by atoms with E-state index in [1.807, 2.05) is 6.92 Å². The molecular formula is C24H23FN2O4S. The van der Waals surface area contributed by atoms with Gasteiger partial charge >= 0.3 is 0 Å². The normalized spacial score (nSPS) is 11.4. The van der Waals surface area contributed by atoms with Gasteiger partial charge in [-0.2, -0.15) is 4.31 Å². The minimum Gasteiger partial charge on any atom is -0.325 e. The van der Waals surface area contributed by atoms with Gasteiger partial charge in [-0.05, 0) is 55.8 Å². The Labute approximate surface area is 186 Å². The molecule has 0 aromatic heterocycles. The summed E-state index contributed by atoms with van der Waals surface area (Å²) in [6.45, 7) is 2.68. The fourth-order valence-corrected chi connectivity index (χ4v) is 4.44. The number of anilines is 1. The minimum atomic E-state index is -4.01. The van der Waals surface area contributed by atoms with Crippen LogP contribution in [0.15, 0.2) is 77.7 Å². The van der Waals surface area contributed by atoms with Crippen LogP contribution >= 0.6 is 0 Å². The van der Waals surface area contributed by atoms with Crippen LogP contribution in [-0.4, -0.2) is 31.0 Å². The summed E-state index contributed by atoms with van der Waals surface area (Å²) in [4.78, 5) is 24.3. The summed E-state index contributed by atoms with van der Waals surface area (Å²) in [5.41, 5.74) is 2.25. The second-order valence-corrected chi connectivity index (χ2v) is 9.34. The summed E-state index contributed by atoms with van der Waals surface area (Å²) in [6, 6.07) is 18.1. The van der Waals surface area contributed by atoms with Gasteiger partial charge in [0.1, 0.15) is 5.82 Å². The molecule has 0 atom stereocenters. The van der Waals surface area contributed by atoms with Crippen molar-refractivity contribution in [2.24, 2.45) is 0 Å². The predicted octanol–water partition coefficient (Wildman–Crippen LogP) is 4.17. The Morgan fingerprint density at radius 3 is 2.25 bits per heavy atom. The number of carbonyl (C=O) groups excluding carboxylic acids is 2. The summed E-state index contributed by atoms with van der Waals surface area (Å²) in [6.07, 6.45) is 0. The molecule has 32 heavy (non-hydrogen) atoms. The van der Waals surface area contributed by atoms with E-state index in [1.165, 1.54) is 49.4 Å². The summed E-state index contributed by atoms with van der Waals surface area (Å²) in [5.74, 6) is -1.16. The smallest absolute Gasteiger partial charge is 0.243 e. The molecule has 0 fully saturated rings. The van der Waals surface area contributed by atoms with Crippen LogP contribution in [0.3, 0.4) is 0 Å². The molecule has 0 aliphatic heterocycles. The Bertz CT molecular complexity index is 1220. The van der Waals surface area contributed by atoms with E-state index in [1.54, 1.807) is 30.3 Å². The average molecular weight is 455 g/mol. The summed E-state index contributed by atoms with van der Waals surface area (Å²) in [5, 5.41) is 2.64. The van der Waals surface area contributed by atoms with Crippen molar-refractivity contribution in [3.8, 4) is 0 Å². The highest BCUT2D eigenvalue weighted by molar-refractivity contribution is 7.89. The Morgan fingerprint density at radius 1 is 0.969 bits per heavy atom. The van der Waals surface area contributed by atoms with Gasteiger partial charge in [0.2, 0.25) is 15.9 Å². The lowest BCUT2D eigenvalue weighted by Gasteiger charge is -2.22. The molecule has 0 saturated carbocycles. The maximum Gasteiger partial charge on any atom is 0.243 e. The van der Waals surface area contributed by atoms with E-state index in [2.05, 4.69) is 5.32 Å². The van der Waals surface area contributed by atoms with E-state index >= 15 is 0 Å². The number of amides is 1. The van der Waals surface area contributed by atoms with Crippen molar-refractivity contribution in [3.63, 3.8) is 0 Å². The van der Waals surface area contributed by atoms with Crippen LogP contribution in [0.5, 0.6) is 0 Å². The maximum atomic E-state index is 13.3. The number of Topliss-reactive ketones (excluding diaryl/α,β-unsaturated/α-hetero) is 1. The number of nitrogens with zero attached hydrogens (tertiary/aromatic N) is 1. The van der Waals surface area contributed by atoms with Crippen LogP contribution in [-0.2, 0) is 21.4 Å². The summed E-state index contributed by atoms with van der Waals surface area (Å²) < 4.78 is 40.9. The monoisotopic (exact) mass is 454 g/mol. The van der Waals surface area contributed by atoms with Crippen LogP contribution in [0.1, 0.15) is 28.4 Å². The first-order valence-corrected chi connectivity index (χ1v) is 11.3. The Morgan fingerprint density at radius 2 is 1.62 bits per heavy atom. The van der Waals surface area contributed by atoms with E-state index < -0.39 is 28.3 Å². The lowest BCUT2D eigenvalue weighted by Crippen LogP contribution is -2.37. The summed E-state index contributed by atoms with van der Waals surface area (Å²) >= 11 is 0. The highest BCUT2D eigenvalue weighted by Gasteiger charge is 2.27. The van der Waals surface area contributed by atoms with Crippen molar-refractivity contribution in [2.75, 3.05) is 11.9 Å². The number of benzene rings is 3. The number of sulfonamides is 1. The molecule has 166 valence electrons. The molecule has 0 unspecified atom stereocenters. The Kier molecular flexibility index (Phi) is 7.17. The predicted molar refractivity (Wildman–Crippen MR) is 120 cm³/mol. The fourth-order valence-electron chi connectivity index (χ4n) is 3.06. The van der Waals surface area contributed by atoms with Gasteiger partial charge in [-0.3, -0.25) is 9.59 Å². The van der Waals surface area contributed by atoms with Gasteiger partial charge in [0.25, 0.3) is 0 Å². The summed E-state index contributed by atoms with van der Waals surface area (Å²) in [7, 11) is -4.01. The molecular weight excluding hydrogens is 431 g/mol. The van der Waals surface area contributed by atoms with Crippen LogP contribution in [0.2, 0.25) is 0 Å². The van der Waals surface area contributed by atoms with E-state index in [9.17, 15) is 22.4 Å². The molecule has 3 aromatic carbocycles. The van der Waals surface area contributed by atoms with Gasteiger partial charge in [0, 0.05) is 17.8 Å². The molecule has 3 aromatic rings. The van der Waals surface area contributed by atoms with Gasteiger partial charge in [0.15, 0.2) is 5.78 Å². The largest absolute Gasteiger partial charge is 0.325 e. The second kappa shape index (κ2) is 9.84. The maximum absolute atomic E-state index is 13.3. The lowest BCUT2D eigenvalue weighted by atomic mass is 10.1. The molecule has 3 rings (SSSR count). The standard InChI is InChI=1S/C24H23FN2O4S/c1-17-6-12-23(13-7-17)32(30,31)27(15-19-8-10-21(25)11-9-19)16-24(29)26-22-5-3-4-20(14-22)18(2)28/h3-14H,15-16H2,1-2H3,(H,26,29). The van der Waals surface area contributed by atoms with Crippen molar-refractivity contribution >= 4 is 27.4 Å². The first-order valence-electron chi connectivity index (χ1n) is 9.87. The zero-order valence-electron chi connectivity index (χ0n) is 17.7. The molecule has 0 saturated heterocycles. The van der Waals surface area contributed by atoms with Crippen LogP contribution < -0.4 is 5.32 Å². The first kappa shape index (κ1) is 23.3. The third-order valence-electron chi connectivity index (χ3n) is 4.80. The van der Waals surface area contributed by atoms with Gasteiger partial charge in [-0.15, -0.1) is 0 Å². The molecule has 0 aliphatic rings. The number of carbonyl (C=O) groups is 2. The number of halogens is 1. The van der Waals surface area contributed by atoms with E-state index in [0.717, 1.165) is 9.87 Å². The van der Waals surface area contributed by atoms with Crippen molar-refractivity contribution in [1.82, 2.24) is 4.31 Å². The molecule has 0 heterocycles. The number of hydrogen-bond donors (Lipinski definition) is 1. The molecule has 6 nitrogen and oxygen atoms in total. The van der Waals surface area contributed by atoms with Crippen LogP contribution in [0, 0.1) is 12.7 Å². The topological polar surface area (TPSA) is 83.6 Å². The Balaban J connectivity index is 1.87. The highest BCUT2D eigenvalue weighted by atomic mass is 32.2. The van der Waals surface area contributed by atoms with Crippen LogP contribution in [0.4, 0.5) is 10.1 Å². The number of aryl methyl sites for hydroxylation is 1. The molecule has 0 bridgehead atoms. The zero-order valence-corrected chi connectivity index (χ0v) is 18.5. The van der Waals surface area contributed by atoms with E-state index in [4.69, 9.17) is 0 Å². The van der Waals surface area contributed by atoms with Crippen molar-refractivity contribution < 1.29 is 22.4 Å². The lowest BCUT2D eigenvalue weighted by molar-refractivity contribution is -0.116. The van der Waals surface area contributed by atoms with Gasteiger partial charge in [-0.1, -0.05) is 42.0 Å². The number of rotatable bonds is 8. The van der Waals surface area contributed by atoms with Crippen LogP contribution in [0.25, 0.3) is 0 Å². The molecule has 0 aliphatic carbocycles. The van der Waals surface area contributed by atoms with Gasteiger partial charge in [0.05, 0.1) is 11.4 Å². The number of hydrogen-bond acceptors (Lipinski definition) is 4. The highest BCUT2D eigenvalue weighted by Crippen LogP contribution is 2.20. The van der Waals surface area contributed by atoms with E-state index in [0.29, 0.717) is 16.8 Å². The molecule has 8 heteroatoms. The van der Waals surface area contributed by atoms with Gasteiger partial charge < -0.3 is 5.32 Å². The minimum absolute atomic E-state index is 0.0524. The zero-order chi connectivity index (χ0) is 23.3. The quantitative estimate of drug-likeness (QED) is 0.518. The molecule has 0 radical (unpaired) electrons. The van der Waals surface area contributed by atoms with Gasteiger partial charge in [-0.25, -0.2) is 12.8 Å². The Hall–Kier alpha value is -3.36. The second-order valence-electron chi connectivity index (χ2n) is 7.40. The van der Waals surface area contributed by atoms with Crippen molar-refractivity contribution in [3.05, 3.63) is 95.3 Å². The third kappa shape index (κ3) is 5.87. The molecule has 1 amide bonds. The average Bonchev–Trinajstić information content (AvgIpc) is 2.75. The molecule has 1 N–H and O–H groups in total.